The molecule has 1 aliphatic heterocycles. The lowest BCUT2D eigenvalue weighted by Crippen LogP contribution is -2.87. The number of benzene rings is 1. The molecule has 1 aromatic carbocycles. The molecule has 2 heterocycles. The Morgan fingerprint density at radius 1 is 0.833 bits per heavy atom. The molecule has 2 aliphatic rings. The van der Waals surface area contributed by atoms with Gasteiger partial charge in [0.05, 0.1) is 18.1 Å². The van der Waals surface area contributed by atoms with E-state index >= 15 is 0 Å². The molecular weight excluding hydrogens is 402 g/mol. The van der Waals surface area contributed by atoms with Crippen LogP contribution in [-0.4, -0.2) is 45.2 Å². The summed E-state index contributed by atoms with van der Waals surface area (Å²) in [4.78, 5) is 13.9. The highest BCUT2D eigenvalue weighted by atomic mass is 35.5. The van der Waals surface area contributed by atoms with Gasteiger partial charge in [-0.05, 0) is 31.0 Å². The standard InChI is InChI=1S/C21H30ClN7O/c22-17-13-16(7-8-18(17)30)26-21-28-19(24-14-5-3-1-2-4-6-14)27-20(29-21)25-15-9-11-23-12-10-15/h7-8,13-15,23,30H,1-6,9-12H2,(H3,24,25,26,27,28,29)/p+1. The number of hydrogen-bond acceptors (Lipinski definition) is 7. The summed E-state index contributed by atoms with van der Waals surface area (Å²) in [5.74, 6) is 1.67. The van der Waals surface area contributed by atoms with Crippen LogP contribution < -0.4 is 21.3 Å². The molecule has 1 saturated carbocycles. The highest BCUT2D eigenvalue weighted by Crippen LogP contribution is 2.28. The maximum atomic E-state index is 9.66. The second-order valence-corrected chi connectivity index (χ2v) is 8.62. The van der Waals surface area contributed by atoms with Crippen molar-refractivity contribution in [1.82, 2.24) is 15.0 Å². The van der Waals surface area contributed by atoms with Gasteiger partial charge in [0, 0.05) is 30.6 Å². The highest BCUT2D eigenvalue weighted by Gasteiger charge is 2.19. The van der Waals surface area contributed by atoms with Crippen molar-refractivity contribution in [1.29, 1.82) is 0 Å². The number of hydrogen-bond donors (Lipinski definition) is 5. The van der Waals surface area contributed by atoms with Crippen molar-refractivity contribution in [2.24, 2.45) is 0 Å². The molecule has 2 aromatic rings. The Bertz CT molecular complexity index is 836. The van der Waals surface area contributed by atoms with Crippen molar-refractivity contribution in [3.63, 3.8) is 0 Å². The van der Waals surface area contributed by atoms with E-state index in [1.54, 1.807) is 18.2 Å². The van der Waals surface area contributed by atoms with Crippen LogP contribution in [0.15, 0.2) is 18.2 Å². The molecule has 1 aliphatic carbocycles. The molecule has 9 heteroatoms. The van der Waals surface area contributed by atoms with Crippen LogP contribution in [0.4, 0.5) is 23.5 Å². The summed E-state index contributed by atoms with van der Waals surface area (Å²) in [6, 6.07) is 5.72. The lowest BCUT2D eigenvalue weighted by atomic mass is 10.1. The predicted molar refractivity (Wildman–Crippen MR) is 120 cm³/mol. The Labute approximate surface area is 182 Å². The molecule has 6 N–H and O–H groups in total. The Balaban J connectivity index is 1.54. The van der Waals surface area contributed by atoms with Crippen LogP contribution in [0.25, 0.3) is 0 Å². The summed E-state index contributed by atoms with van der Waals surface area (Å²) in [7, 11) is 0. The van der Waals surface area contributed by atoms with Crippen molar-refractivity contribution in [3.8, 4) is 5.75 Å². The van der Waals surface area contributed by atoms with Crippen molar-refractivity contribution >= 4 is 35.1 Å². The average Bonchev–Trinajstić information content (AvgIpc) is 3.00. The third-order valence-corrected chi connectivity index (χ3v) is 6.10. The van der Waals surface area contributed by atoms with Crippen LogP contribution in [0.2, 0.25) is 5.02 Å². The summed E-state index contributed by atoms with van der Waals surface area (Å²) >= 11 is 6.04. The Hall–Kier alpha value is -2.32. The first kappa shape index (κ1) is 20.9. The van der Waals surface area contributed by atoms with E-state index in [-0.39, 0.29) is 10.8 Å². The van der Waals surface area contributed by atoms with E-state index in [9.17, 15) is 5.11 Å². The summed E-state index contributed by atoms with van der Waals surface area (Å²) in [5, 5.41) is 22.5. The average molecular weight is 433 g/mol. The lowest BCUT2D eigenvalue weighted by molar-refractivity contribution is -0.662. The number of phenols is 1. The number of anilines is 4. The van der Waals surface area contributed by atoms with Gasteiger partial charge in [-0.1, -0.05) is 37.3 Å². The van der Waals surface area contributed by atoms with Gasteiger partial charge in [0.15, 0.2) is 0 Å². The molecule has 0 radical (unpaired) electrons. The van der Waals surface area contributed by atoms with Gasteiger partial charge in [-0.3, -0.25) is 0 Å². The minimum absolute atomic E-state index is 0.0463. The normalized spacial score (nSPS) is 18.6. The van der Waals surface area contributed by atoms with Crippen LogP contribution in [-0.2, 0) is 0 Å². The fourth-order valence-electron chi connectivity index (χ4n) is 4.13. The van der Waals surface area contributed by atoms with Crippen molar-refractivity contribution in [2.75, 3.05) is 29.0 Å². The fraction of sp³-hybridized carbons (Fsp3) is 0.571. The van der Waals surface area contributed by atoms with Crippen LogP contribution in [0, 0.1) is 0 Å². The summed E-state index contributed by atoms with van der Waals surface area (Å²) < 4.78 is 0. The van der Waals surface area contributed by atoms with E-state index in [1.807, 2.05) is 0 Å². The molecule has 0 amide bonds. The number of quaternary nitrogens is 1. The number of rotatable bonds is 6. The molecule has 1 saturated heterocycles. The number of nitrogens with zero attached hydrogens (tertiary/aromatic N) is 3. The second-order valence-electron chi connectivity index (χ2n) is 8.21. The molecule has 1 aromatic heterocycles. The zero-order chi connectivity index (χ0) is 20.8. The summed E-state index contributed by atoms with van der Waals surface area (Å²) in [5.41, 5.74) is 0.711. The van der Waals surface area contributed by atoms with Crippen LogP contribution in [0.3, 0.4) is 0 Å². The molecular formula is C21H31ClN7O+. The van der Waals surface area contributed by atoms with Crippen LogP contribution >= 0.6 is 11.6 Å². The third-order valence-electron chi connectivity index (χ3n) is 5.80. The first-order chi connectivity index (χ1) is 14.7. The van der Waals surface area contributed by atoms with Gasteiger partial charge in [-0.15, -0.1) is 0 Å². The number of aromatic nitrogens is 3. The summed E-state index contributed by atoms with van der Waals surface area (Å²) in [6.07, 6.45) is 9.55. The van der Waals surface area contributed by atoms with Crippen molar-refractivity contribution < 1.29 is 10.4 Å². The minimum Gasteiger partial charge on any atom is -0.506 e. The number of piperidine rings is 1. The van der Waals surface area contributed by atoms with E-state index in [4.69, 9.17) is 11.6 Å². The molecule has 0 bridgehead atoms. The van der Waals surface area contributed by atoms with Gasteiger partial charge in [-0.2, -0.15) is 15.0 Å². The Morgan fingerprint density at radius 3 is 2.07 bits per heavy atom. The first-order valence-electron chi connectivity index (χ1n) is 11.0. The maximum Gasteiger partial charge on any atom is 0.233 e. The smallest absolute Gasteiger partial charge is 0.233 e. The zero-order valence-corrected chi connectivity index (χ0v) is 18.0. The fourth-order valence-corrected chi connectivity index (χ4v) is 4.32. The number of aromatic hydroxyl groups is 1. The molecule has 162 valence electrons. The largest absolute Gasteiger partial charge is 0.506 e. The van der Waals surface area contributed by atoms with E-state index in [0.717, 1.165) is 38.8 Å². The predicted octanol–water partition coefficient (Wildman–Crippen LogP) is 3.25. The molecule has 2 fully saturated rings. The molecule has 4 rings (SSSR count). The molecule has 0 spiro atoms. The number of halogens is 1. The number of nitrogens with two attached hydrogens (primary N) is 1. The van der Waals surface area contributed by atoms with Crippen molar-refractivity contribution in [3.05, 3.63) is 23.2 Å². The van der Waals surface area contributed by atoms with Gasteiger partial charge < -0.3 is 26.4 Å². The topological polar surface area (TPSA) is 112 Å². The third kappa shape index (κ3) is 5.86. The molecule has 8 nitrogen and oxygen atoms in total. The van der Waals surface area contributed by atoms with Gasteiger partial charge in [0.2, 0.25) is 17.8 Å². The first-order valence-corrected chi connectivity index (χ1v) is 11.4. The maximum absolute atomic E-state index is 9.66. The number of nitrogens with one attached hydrogen (secondary N) is 3. The highest BCUT2D eigenvalue weighted by molar-refractivity contribution is 6.32. The van der Waals surface area contributed by atoms with Gasteiger partial charge in [0.1, 0.15) is 5.75 Å². The van der Waals surface area contributed by atoms with Gasteiger partial charge in [-0.25, -0.2) is 0 Å². The zero-order valence-electron chi connectivity index (χ0n) is 17.2. The monoisotopic (exact) mass is 432 g/mol. The van der Waals surface area contributed by atoms with Crippen LogP contribution in [0.5, 0.6) is 5.75 Å². The van der Waals surface area contributed by atoms with E-state index in [1.165, 1.54) is 25.7 Å². The molecule has 30 heavy (non-hydrogen) atoms. The Morgan fingerprint density at radius 2 is 1.43 bits per heavy atom. The molecule has 0 unspecified atom stereocenters. The van der Waals surface area contributed by atoms with Gasteiger partial charge >= 0.3 is 0 Å². The van der Waals surface area contributed by atoms with E-state index in [2.05, 4.69) is 36.2 Å². The van der Waals surface area contributed by atoms with Gasteiger partial charge in [0.25, 0.3) is 0 Å². The Kier molecular flexibility index (Phi) is 7.07. The van der Waals surface area contributed by atoms with Crippen LogP contribution in [0.1, 0.15) is 51.4 Å². The summed E-state index contributed by atoms with van der Waals surface area (Å²) in [6.45, 7) is 2.24. The minimum atomic E-state index is 0.0463. The molecule has 0 atom stereocenters. The quantitative estimate of drug-likeness (QED) is 0.352. The second kappa shape index (κ2) is 10.1. The van der Waals surface area contributed by atoms with E-state index in [0.29, 0.717) is 35.6 Å². The van der Waals surface area contributed by atoms with Crippen molar-refractivity contribution in [2.45, 2.75) is 63.5 Å². The number of phenolic OH excluding ortho intramolecular Hbond substituents is 1. The lowest BCUT2D eigenvalue weighted by Gasteiger charge is -2.22. The van der Waals surface area contributed by atoms with E-state index < -0.39 is 0 Å². The SMILES string of the molecule is Oc1ccc(Nc2nc(NC3CCCCCC3)nc(NC3CC[NH2+]CC3)n2)cc1Cl.